The standard InChI is InChI=1S/C20H27N3O3/c1-7-25-18(24)16-12(2)22-19(21)23-17(16)13(3)26-15-10-8-14(9-11-15)20(4,5)6/h8-11,13H,7H2,1-6H3,(H2,21,22,23). The van der Waals surface area contributed by atoms with E-state index in [4.69, 9.17) is 15.2 Å². The third-order valence-corrected chi connectivity index (χ3v) is 4.03. The van der Waals surface area contributed by atoms with Crippen LogP contribution in [-0.2, 0) is 10.2 Å². The molecule has 6 nitrogen and oxygen atoms in total. The number of esters is 1. The van der Waals surface area contributed by atoms with Gasteiger partial charge >= 0.3 is 5.97 Å². The first-order valence-electron chi connectivity index (χ1n) is 8.71. The van der Waals surface area contributed by atoms with Crippen molar-refractivity contribution in [2.24, 2.45) is 0 Å². The zero-order valence-electron chi connectivity index (χ0n) is 16.3. The van der Waals surface area contributed by atoms with Gasteiger partial charge in [0, 0.05) is 0 Å². The molecule has 0 saturated carbocycles. The number of nitrogen functional groups attached to an aromatic ring is 1. The van der Waals surface area contributed by atoms with Gasteiger partial charge in [0.1, 0.15) is 23.1 Å². The smallest absolute Gasteiger partial charge is 0.342 e. The maximum atomic E-state index is 12.3. The fraction of sp³-hybridized carbons (Fsp3) is 0.450. The second kappa shape index (κ2) is 7.72. The van der Waals surface area contributed by atoms with E-state index in [0.717, 1.165) is 0 Å². The summed E-state index contributed by atoms with van der Waals surface area (Å²) in [6.07, 6.45) is -0.487. The minimum Gasteiger partial charge on any atom is -0.484 e. The number of nitrogens with two attached hydrogens (primary N) is 1. The lowest BCUT2D eigenvalue weighted by atomic mass is 9.87. The number of aryl methyl sites for hydroxylation is 1. The number of hydrogen-bond donors (Lipinski definition) is 1. The highest BCUT2D eigenvalue weighted by atomic mass is 16.5. The second-order valence-corrected chi connectivity index (χ2v) is 7.18. The summed E-state index contributed by atoms with van der Waals surface area (Å²) in [4.78, 5) is 20.6. The maximum absolute atomic E-state index is 12.3. The van der Waals surface area contributed by atoms with Gasteiger partial charge in [-0.25, -0.2) is 14.8 Å². The lowest BCUT2D eigenvalue weighted by molar-refractivity contribution is 0.0518. The molecule has 0 amide bonds. The van der Waals surface area contributed by atoms with Crippen LogP contribution in [0.3, 0.4) is 0 Å². The van der Waals surface area contributed by atoms with Gasteiger partial charge in [0.2, 0.25) is 5.95 Å². The van der Waals surface area contributed by atoms with E-state index in [9.17, 15) is 4.79 Å². The molecule has 140 valence electrons. The number of benzene rings is 1. The van der Waals surface area contributed by atoms with Crippen molar-refractivity contribution in [2.45, 2.75) is 53.1 Å². The molecule has 2 rings (SSSR count). The van der Waals surface area contributed by atoms with Gasteiger partial charge in [-0.2, -0.15) is 0 Å². The zero-order chi connectivity index (χ0) is 19.5. The highest BCUT2D eigenvalue weighted by Crippen LogP contribution is 2.28. The van der Waals surface area contributed by atoms with Gasteiger partial charge in [-0.1, -0.05) is 32.9 Å². The molecule has 6 heteroatoms. The van der Waals surface area contributed by atoms with Crippen molar-refractivity contribution in [1.82, 2.24) is 9.97 Å². The van der Waals surface area contributed by atoms with Crippen molar-refractivity contribution in [3.05, 3.63) is 46.8 Å². The summed E-state index contributed by atoms with van der Waals surface area (Å²) >= 11 is 0. The summed E-state index contributed by atoms with van der Waals surface area (Å²) in [5.41, 5.74) is 8.26. The summed E-state index contributed by atoms with van der Waals surface area (Å²) in [6, 6.07) is 7.90. The molecule has 0 aliphatic carbocycles. The van der Waals surface area contributed by atoms with E-state index in [1.165, 1.54) is 5.56 Å². The van der Waals surface area contributed by atoms with Crippen LogP contribution in [0, 0.1) is 6.92 Å². The number of aromatic nitrogens is 2. The van der Waals surface area contributed by atoms with Crippen molar-refractivity contribution < 1.29 is 14.3 Å². The number of anilines is 1. The lowest BCUT2D eigenvalue weighted by Crippen LogP contribution is -2.19. The molecule has 1 atom stereocenters. The van der Waals surface area contributed by atoms with E-state index in [1.54, 1.807) is 13.8 Å². The van der Waals surface area contributed by atoms with Crippen molar-refractivity contribution in [2.75, 3.05) is 12.3 Å². The molecule has 0 fully saturated rings. The van der Waals surface area contributed by atoms with Crippen LogP contribution in [-0.4, -0.2) is 22.5 Å². The average Bonchev–Trinajstić information content (AvgIpc) is 2.53. The molecule has 0 radical (unpaired) electrons. The highest BCUT2D eigenvalue weighted by Gasteiger charge is 2.24. The lowest BCUT2D eigenvalue weighted by Gasteiger charge is -2.21. The van der Waals surface area contributed by atoms with Crippen LogP contribution >= 0.6 is 0 Å². The van der Waals surface area contributed by atoms with E-state index in [-0.39, 0.29) is 18.0 Å². The van der Waals surface area contributed by atoms with E-state index < -0.39 is 12.1 Å². The molecule has 2 N–H and O–H groups in total. The molecule has 1 heterocycles. The molecule has 1 unspecified atom stereocenters. The minimum absolute atomic E-state index is 0.0689. The van der Waals surface area contributed by atoms with Crippen molar-refractivity contribution in [3.8, 4) is 5.75 Å². The number of hydrogen-bond acceptors (Lipinski definition) is 6. The van der Waals surface area contributed by atoms with E-state index in [0.29, 0.717) is 22.7 Å². The summed E-state index contributed by atoms with van der Waals surface area (Å²) in [6.45, 7) is 12.0. The van der Waals surface area contributed by atoms with Gasteiger partial charge in [-0.05, 0) is 43.9 Å². The normalized spacial score (nSPS) is 12.5. The Labute approximate surface area is 154 Å². The van der Waals surface area contributed by atoms with E-state index >= 15 is 0 Å². The van der Waals surface area contributed by atoms with Crippen LogP contribution in [0.25, 0.3) is 0 Å². The van der Waals surface area contributed by atoms with Gasteiger partial charge in [0.25, 0.3) is 0 Å². The Bertz CT molecular complexity index is 780. The van der Waals surface area contributed by atoms with Crippen LogP contribution in [0.5, 0.6) is 5.75 Å². The topological polar surface area (TPSA) is 87.3 Å². The van der Waals surface area contributed by atoms with Crippen molar-refractivity contribution in [3.63, 3.8) is 0 Å². The Kier molecular flexibility index (Phi) is 5.85. The molecule has 2 aromatic rings. The Morgan fingerprint density at radius 3 is 2.35 bits per heavy atom. The third kappa shape index (κ3) is 4.50. The SMILES string of the molecule is CCOC(=O)c1c(C)nc(N)nc1C(C)Oc1ccc(C(C)(C)C)cc1. The monoisotopic (exact) mass is 357 g/mol. The Hall–Kier alpha value is -2.63. The van der Waals surface area contributed by atoms with E-state index in [2.05, 4.69) is 30.7 Å². The second-order valence-electron chi connectivity index (χ2n) is 7.18. The molecule has 0 saturated heterocycles. The third-order valence-electron chi connectivity index (χ3n) is 4.03. The quantitative estimate of drug-likeness (QED) is 0.814. The number of rotatable bonds is 5. The van der Waals surface area contributed by atoms with Crippen molar-refractivity contribution in [1.29, 1.82) is 0 Å². The van der Waals surface area contributed by atoms with Crippen LogP contribution in [0.4, 0.5) is 5.95 Å². The predicted molar refractivity (Wildman–Crippen MR) is 101 cm³/mol. The van der Waals surface area contributed by atoms with E-state index in [1.807, 2.05) is 31.2 Å². The molecule has 1 aromatic carbocycles. The van der Waals surface area contributed by atoms with Crippen LogP contribution in [0.2, 0.25) is 0 Å². The summed E-state index contributed by atoms with van der Waals surface area (Å²) in [5, 5.41) is 0. The first kappa shape index (κ1) is 19.7. The molecule has 0 aliphatic rings. The Morgan fingerprint density at radius 2 is 1.81 bits per heavy atom. The predicted octanol–water partition coefficient (Wildman–Crippen LogP) is 3.98. The van der Waals surface area contributed by atoms with Crippen LogP contribution in [0.1, 0.15) is 68.0 Å². The van der Waals surface area contributed by atoms with Gasteiger partial charge in [0.15, 0.2) is 0 Å². The van der Waals surface area contributed by atoms with Crippen molar-refractivity contribution >= 4 is 11.9 Å². The van der Waals surface area contributed by atoms with Crippen LogP contribution < -0.4 is 10.5 Å². The maximum Gasteiger partial charge on any atom is 0.342 e. The number of nitrogens with zero attached hydrogens (tertiary/aromatic N) is 2. The Balaban J connectivity index is 2.31. The first-order chi connectivity index (χ1) is 12.1. The first-order valence-corrected chi connectivity index (χ1v) is 8.71. The molecule has 0 bridgehead atoms. The molecule has 26 heavy (non-hydrogen) atoms. The number of ether oxygens (including phenoxy) is 2. The number of carbonyl (C=O) groups is 1. The molecular formula is C20H27N3O3. The van der Waals surface area contributed by atoms with Gasteiger partial charge in [0.05, 0.1) is 12.3 Å². The fourth-order valence-corrected chi connectivity index (χ4v) is 2.66. The molecule has 0 aliphatic heterocycles. The average molecular weight is 357 g/mol. The fourth-order valence-electron chi connectivity index (χ4n) is 2.66. The number of carbonyl (C=O) groups excluding carboxylic acids is 1. The highest BCUT2D eigenvalue weighted by molar-refractivity contribution is 5.92. The molecule has 0 spiro atoms. The van der Waals surface area contributed by atoms with Gasteiger partial charge in [-0.3, -0.25) is 0 Å². The zero-order valence-corrected chi connectivity index (χ0v) is 16.3. The Morgan fingerprint density at radius 1 is 1.19 bits per heavy atom. The molecule has 1 aromatic heterocycles. The summed E-state index contributed by atoms with van der Waals surface area (Å²) in [7, 11) is 0. The minimum atomic E-state index is -0.487. The van der Waals surface area contributed by atoms with Gasteiger partial charge < -0.3 is 15.2 Å². The summed E-state index contributed by atoms with van der Waals surface area (Å²) < 4.78 is 11.1. The largest absolute Gasteiger partial charge is 0.484 e. The van der Waals surface area contributed by atoms with Crippen LogP contribution in [0.15, 0.2) is 24.3 Å². The van der Waals surface area contributed by atoms with Gasteiger partial charge in [-0.15, -0.1) is 0 Å². The summed E-state index contributed by atoms with van der Waals surface area (Å²) in [5.74, 6) is 0.317. The molecular weight excluding hydrogens is 330 g/mol.